The topological polar surface area (TPSA) is 25.6 Å². The van der Waals surface area contributed by atoms with E-state index in [0.29, 0.717) is 5.92 Å². The van der Waals surface area contributed by atoms with Crippen LogP contribution in [0.2, 0.25) is 0 Å². The van der Waals surface area contributed by atoms with E-state index in [-0.39, 0.29) is 0 Å². The molecule has 0 fully saturated rings. The summed E-state index contributed by atoms with van der Waals surface area (Å²) in [6.07, 6.45) is 10.2. The summed E-state index contributed by atoms with van der Waals surface area (Å²) in [6.45, 7) is 3.05. The Morgan fingerprint density at radius 3 is 1.72 bits per heavy atom. The van der Waals surface area contributed by atoms with Crippen molar-refractivity contribution in [3.05, 3.63) is 234 Å². The molecule has 3 heteroatoms. The number of fused-ring (bicyclic) bond motifs is 2. The number of allylic oxidation sites excluding steroid dienone is 2. The number of rotatable bonds is 15. The molecule has 0 atom stereocenters. The van der Waals surface area contributed by atoms with Gasteiger partial charge in [0.05, 0.1) is 5.69 Å². The fourth-order valence-corrected chi connectivity index (χ4v) is 8.57. The number of nitrogens with zero attached hydrogens (tertiary/aromatic N) is 1. The quantitative estimate of drug-likeness (QED) is 0.104. The molecule has 0 spiro atoms. The first kappa shape index (κ1) is 38.7. The van der Waals surface area contributed by atoms with Crippen LogP contribution in [0.4, 0.5) is 5.69 Å². The van der Waals surface area contributed by atoms with Gasteiger partial charge in [-0.15, -0.1) is 0 Å². The fraction of sp³-hybridized carbons (Fsp3) is 0.158. The van der Waals surface area contributed by atoms with Gasteiger partial charge in [0.25, 0.3) is 0 Å². The lowest BCUT2D eigenvalue weighted by Crippen LogP contribution is -2.25. The molecule has 0 amide bonds. The lowest BCUT2D eigenvalue weighted by atomic mass is 9.89. The van der Waals surface area contributed by atoms with Crippen molar-refractivity contribution in [1.82, 2.24) is 0 Å². The second-order valence-corrected chi connectivity index (χ2v) is 15.9. The van der Waals surface area contributed by atoms with E-state index in [0.717, 1.165) is 79.3 Å². The van der Waals surface area contributed by atoms with Crippen molar-refractivity contribution in [3.8, 4) is 28.0 Å². The van der Waals surface area contributed by atoms with Gasteiger partial charge in [0.2, 0.25) is 5.88 Å². The molecule has 296 valence electrons. The van der Waals surface area contributed by atoms with Crippen LogP contribution in [0.3, 0.4) is 0 Å². The Kier molecular flexibility index (Phi) is 11.9. The molecule has 0 unspecified atom stereocenters. The Bertz CT molecular complexity index is 2660. The molecule has 0 radical (unpaired) electrons. The lowest BCUT2D eigenvalue weighted by molar-refractivity contribution is 0.424. The van der Waals surface area contributed by atoms with Crippen molar-refractivity contribution in [2.45, 2.75) is 45.4 Å². The van der Waals surface area contributed by atoms with E-state index in [1.165, 1.54) is 49.9 Å². The van der Waals surface area contributed by atoms with Gasteiger partial charge in [-0.2, -0.15) is 0 Å². The highest BCUT2D eigenvalue weighted by Gasteiger charge is 2.28. The molecule has 9 rings (SSSR count). The van der Waals surface area contributed by atoms with Crippen LogP contribution in [0.5, 0.6) is 5.75 Å². The minimum absolute atomic E-state index is 0.446. The minimum atomic E-state index is 0.446. The van der Waals surface area contributed by atoms with E-state index in [9.17, 15) is 0 Å². The zero-order valence-corrected chi connectivity index (χ0v) is 34.3. The molecule has 7 aromatic carbocycles. The number of furan rings is 1. The first-order valence-electron chi connectivity index (χ1n) is 21.5. The summed E-state index contributed by atoms with van der Waals surface area (Å²) in [6, 6.07) is 67.1. The maximum absolute atomic E-state index is 6.82. The van der Waals surface area contributed by atoms with E-state index < -0.39 is 0 Å². The van der Waals surface area contributed by atoms with Crippen molar-refractivity contribution >= 4 is 22.7 Å². The Balaban J connectivity index is 1.08. The van der Waals surface area contributed by atoms with Crippen LogP contribution in [0.25, 0.3) is 39.3 Å². The Morgan fingerprint density at radius 1 is 0.567 bits per heavy atom. The van der Waals surface area contributed by atoms with Crippen molar-refractivity contribution in [2.24, 2.45) is 5.92 Å². The maximum Gasteiger partial charge on any atom is 0.200 e. The van der Waals surface area contributed by atoms with Gasteiger partial charge >= 0.3 is 0 Å². The first-order valence-corrected chi connectivity index (χ1v) is 21.5. The Labute approximate surface area is 354 Å². The molecule has 60 heavy (non-hydrogen) atoms. The monoisotopic (exact) mass is 781 g/mol. The molecule has 1 aliphatic rings. The molecule has 8 aromatic rings. The second-order valence-electron chi connectivity index (χ2n) is 15.9. The van der Waals surface area contributed by atoms with E-state index in [4.69, 9.17) is 9.15 Å². The van der Waals surface area contributed by atoms with Crippen LogP contribution in [0.1, 0.15) is 47.8 Å². The van der Waals surface area contributed by atoms with Crippen LogP contribution in [0, 0.1) is 5.92 Å². The SMILES string of the molecule is CCC(=C/c1oc2ccc(-c3ccccc3)cc2c1CCc1ccccc1)/C=C1\Oc2ccc(-c3ccccc3)cc2N1CCC(Cc1ccccc1)Cc1ccccc1. The molecule has 3 nitrogen and oxygen atoms in total. The van der Waals surface area contributed by atoms with Crippen molar-refractivity contribution in [3.63, 3.8) is 0 Å². The summed E-state index contributed by atoms with van der Waals surface area (Å²) in [5, 5.41) is 1.17. The van der Waals surface area contributed by atoms with Gasteiger partial charge in [-0.3, -0.25) is 0 Å². The second kappa shape index (κ2) is 18.4. The average Bonchev–Trinajstić information content (AvgIpc) is 3.84. The Morgan fingerprint density at radius 2 is 1.12 bits per heavy atom. The van der Waals surface area contributed by atoms with E-state index in [2.05, 4.69) is 212 Å². The predicted octanol–water partition coefficient (Wildman–Crippen LogP) is 14.6. The summed E-state index contributed by atoms with van der Waals surface area (Å²) in [4.78, 5) is 2.41. The molecule has 0 bridgehead atoms. The molecule has 0 aliphatic carbocycles. The number of anilines is 1. The summed E-state index contributed by atoms with van der Waals surface area (Å²) >= 11 is 0. The third-order valence-corrected chi connectivity index (χ3v) is 11.8. The smallest absolute Gasteiger partial charge is 0.200 e. The van der Waals surface area contributed by atoms with Gasteiger partial charge in [0.1, 0.15) is 11.3 Å². The third kappa shape index (κ3) is 9.07. The minimum Gasteiger partial charge on any atom is -0.456 e. The zero-order valence-electron chi connectivity index (χ0n) is 34.3. The van der Waals surface area contributed by atoms with Crippen LogP contribution in [-0.4, -0.2) is 6.54 Å². The van der Waals surface area contributed by atoms with Gasteiger partial charge in [0.15, 0.2) is 5.75 Å². The molecular formula is C57H51NO2. The molecule has 2 heterocycles. The number of benzene rings is 7. The largest absolute Gasteiger partial charge is 0.456 e. The first-order chi connectivity index (χ1) is 29.7. The van der Waals surface area contributed by atoms with Crippen molar-refractivity contribution in [1.29, 1.82) is 0 Å². The highest BCUT2D eigenvalue weighted by atomic mass is 16.5. The summed E-state index contributed by atoms with van der Waals surface area (Å²) < 4.78 is 13.6. The molecule has 0 saturated heterocycles. The maximum atomic E-state index is 6.82. The van der Waals surface area contributed by atoms with E-state index in [1.54, 1.807) is 0 Å². The molecular weight excluding hydrogens is 731 g/mol. The van der Waals surface area contributed by atoms with Crippen molar-refractivity contribution in [2.75, 3.05) is 11.4 Å². The highest BCUT2D eigenvalue weighted by molar-refractivity contribution is 5.89. The summed E-state index contributed by atoms with van der Waals surface area (Å²) in [5.74, 6) is 3.11. The number of hydrogen-bond acceptors (Lipinski definition) is 3. The predicted molar refractivity (Wildman–Crippen MR) is 250 cm³/mol. The highest BCUT2D eigenvalue weighted by Crippen LogP contribution is 2.43. The van der Waals surface area contributed by atoms with Crippen molar-refractivity contribution < 1.29 is 9.15 Å². The normalized spacial score (nSPS) is 13.3. The standard InChI is InChI=1S/C57H51NO2/c1-2-42(38-56-51(31-28-43-18-8-3-9-19-43)52-40-49(29-32-54(52)59-56)47-24-14-6-15-25-47)39-57-58(53-41-50(30-33-55(53)60-57)48-26-16-7-17-27-48)35-34-46(36-44-20-10-4-11-21-44)37-45-22-12-5-13-23-45/h3-27,29-30,32-33,38-41,46H,2,28,31,34-37H2,1H3/b42-38-,57-39-. The number of hydrogen-bond donors (Lipinski definition) is 0. The Hall–Kier alpha value is -6.84. The van der Waals surface area contributed by atoms with Gasteiger partial charge in [-0.25, -0.2) is 0 Å². The molecule has 0 N–H and O–H groups in total. The van der Waals surface area contributed by atoms with Gasteiger partial charge in [-0.05, 0) is 119 Å². The molecule has 1 aliphatic heterocycles. The fourth-order valence-electron chi connectivity index (χ4n) is 8.57. The lowest BCUT2D eigenvalue weighted by Gasteiger charge is -2.24. The van der Waals surface area contributed by atoms with Crippen LogP contribution in [0.15, 0.2) is 210 Å². The van der Waals surface area contributed by atoms with Gasteiger partial charge in [0, 0.05) is 23.6 Å². The van der Waals surface area contributed by atoms with E-state index >= 15 is 0 Å². The zero-order chi connectivity index (χ0) is 40.5. The summed E-state index contributed by atoms with van der Waals surface area (Å²) in [5.41, 5.74) is 13.2. The number of ether oxygens (including phenoxy) is 1. The third-order valence-electron chi connectivity index (χ3n) is 11.8. The van der Waals surface area contributed by atoms with Crippen LogP contribution < -0.4 is 9.64 Å². The average molecular weight is 782 g/mol. The van der Waals surface area contributed by atoms with Gasteiger partial charge in [-0.1, -0.05) is 171 Å². The molecule has 1 aromatic heterocycles. The van der Waals surface area contributed by atoms with Crippen LogP contribution >= 0.6 is 0 Å². The van der Waals surface area contributed by atoms with Gasteiger partial charge < -0.3 is 14.1 Å². The van der Waals surface area contributed by atoms with E-state index in [1.807, 2.05) is 0 Å². The number of aryl methyl sites for hydroxylation is 2. The van der Waals surface area contributed by atoms with Crippen LogP contribution in [-0.2, 0) is 25.7 Å². The molecule has 0 saturated carbocycles. The summed E-state index contributed by atoms with van der Waals surface area (Å²) in [7, 11) is 0.